The maximum absolute atomic E-state index is 11.4. The smallest absolute Gasteiger partial charge is 0.280 e. The lowest BCUT2D eigenvalue weighted by Crippen LogP contribution is -2.86. The predicted molar refractivity (Wildman–Crippen MR) is 56.4 cm³/mol. The molecule has 0 aliphatic heterocycles. The average molecular weight is 212 g/mol. The van der Waals surface area contributed by atoms with Crippen molar-refractivity contribution in [3.05, 3.63) is 11.8 Å². The van der Waals surface area contributed by atoms with Gasteiger partial charge in [-0.05, 0) is 13.3 Å². The molecule has 1 amide bonds. The summed E-state index contributed by atoms with van der Waals surface area (Å²) in [5.41, 5.74) is 0. The second-order valence-electron chi connectivity index (χ2n) is 3.51. The minimum absolute atomic E-state index is 0.0422. The summed E-state index contributed by atoms with van der Waals surface area (Å²) in [5, 5.41) is 8.34. The Hall–Kier alpha value is -1.36. The zero-order valence-corrected chi connectivity index (χ0v) is 9.25. The molecule has 0 unspecified atom stereocenters. The Kier molecular flexibility index (Phi) is 4.83. The number of aromatic nitrogens is 1. The molecule has 1 aromatic rings. The summed E-state index contributed by atoms with van der Waals surface area (Å²) in [6.07, 6.45) is 2.29. The van der Waals surface area contributed by atoms with Crippen LogP contribution in [-0.2, 0) is 4.79 Å². The Morgan fingerprint density at radius 1 is 1.67 bits per heavy atom. The van der Waals surface area contributed by atoms with Crippen LogP contribution in [0.3, 0.4) is 0 Å². The number of carbonyl (C=O) groups excluding carboxylic acids is 1. The van der Waals surface area contributed by atoms with Crippen LogP contribution in [0.2, 0.25) is 0 Å². The van der Waals surface area contributed by atoms with Crippen molar-refractivity contribution < 1.29 is 14.6 Å². The van der Waals surface area contributed by atoms with E-state index in [-0.39, 0.29) is 5.91 Å². The number of carbonyl (C=O) groups is 1. The number of nitrogens with two attached hydrogens (primary N) is 1. The van der Waals surface area contributed by atoms with Crippen molar-refractivity contribution in [1.29, 1.82) is 0 Å². The Morgan fingerprint density at radius 2 is 2.47 bits per heavy atom. The Labute approximate surface area is 89.2 Å². The molecule has 15 heavy (non-hydrogen) atoms. The minimum atomic E-state index is -0.0422. The van der Waals surface area contributed by atoms with Crippen LogP contribution in [0.1, 0.15) is 25.5 Å². The van der Waals surface area contributed by atoms with Crippen LogP contribution >= 0.6 is 0 Å². The van der Waals surface area contributed by atoms with Gasteiger partial charge in [-0.1, -0.05) is 18.5 Å². The molecule has 5 nitrogen and oxygen atoms in total. The van der Waals surface area contributed by atoms with E-state index in [4.69, 9.17) is 4.52 Å². The summed E-state index contributed by atoms with van der Waals surface area (Å²) in [5.74, 6) is 1.14. The maximum atomic E-state index is 11.4. The number of hydrogen-bond acceptors (Lipinski definition) is 3. The molecule has 0 fully saturated rings. The van der Waals surface area contributed by atoms with Crippen LogP contribution in [0.4, 0.5) is 5.82 Å². The molecule has 0 aliphatic rings. The number of rotatable bonds is 6. The zero-order valence-electron chi connectivity index (χ0n) is 9.25. The Balaban J connectivity index is 2.18. The van der Waals surface area contributed by atoms with Crippen molar-refractivity contribution in [1.82, 2.24) is 5.16 Å². The molecule has 1 heterocycles. The van der Waals surface area contributed by atoms with Crippen LogP contribution in [-0.4, -0.2) is 24.2 Å². The van der Waals surface area contributed by atoms with E-state index in [1.165, 1.54) is 0 Å². The Bertz CT molecular complexity index is 309. The SMILES string of the molecule is CCCC[NH2+]CC(=O)Nc1cc(C)on1. The summed E-state index contributed by atoms with van der Waals surface area (Å²) < 4.78 is 4.83. The topological polar surface area (TPSA) is 71.7 Å². The van der Waals surface area contributed by atoms with Gasteiger partial charge in [0.2, 0.25) is 0 Å². The van der Waals surface area contributed by atoms with Gasteiger partial charge in [-0.3, -0.25) is 4.79 Å². The highest BCUT2D eigenvalue weighted by Gasteiger charge is 2.06. The predicted octanol–water partition coefficient (Wildman–Crippen LogP) is 0.285. The number of aryl methyl sites for hydroxylation is 1. The third kappa shape index (κ3) is 4.60. The second kappa shape index (κ2) is 6.19. The summed E-state index contributed by atoms with van der Waals surface area (Å²) in [6.45, 7) is 5.34. The van der Waals surface area contributed by atoms with Gasteiger partial charge >= 0.3 is 0 Å². The number of amides is 1. The standard InChI is InChI=1S/C10H17N3O2/c1-3-4-5-11-7-10(14)12-9-6-8(2)15-13-9/h6,11H,3-5,7H2,1-2H3,(H,12,13,14)/p+1. The van der Waals surface area contributed by atoms with Gasteiger partial charge in [0.25, 0.3) is 5.91 Å². The molecule has 0 aliphatic carbocycles. The summed E-state index contributed by atoms with van der Waals surface area (Å²) in [7, 11) is 0. The number of quaternary nitrogens is 1. The van der Waals surface area contributed by atoms with E-state index in [2.05, 4.69) is 17.4 Å². The molecule has 0 aromatic carbocycles. The molecule has 0 atom stereocenters. The molecular weight excluding hydrogens is 194 g/mol. The molecular formula is C10H18N3O2+. The van der Waals surface area contributed by atoms with Gasteiger partial charge in [0.15, 0.2) is 12.4 Å². The average Bonchev–Trinajstić information content (AvgIpc) is 2.59. The molecule has 0 saturated heterocycles. The number of nitrogens with one attached hydrogen (secondary N) is 1. The molecule has 1 aromatic heterocycles. The van der Waals surface area contributed by atoms with Crippen LogP contribution in [0.15, 0.2) is 10.6 Å². The van der Waals surface area contributed by atoms with Crippen molar-refractivity contribution in [2.45, 2.75) is 26.7 Å². The zero-order chi connectivity index (χ0) is 11.1. The highest BCUT2D eigenvalue weighted by molar-refractivity contribution is 5.90. The van der Waals surface area contributed by atoms with Crippen molar-refractivity contribution >= 4 is 11.7 Å². The third-order valence-corrected chi connectivity index (χ3v) is 1.99. The molecule has 0 bridgehead atoms. The van der Waals surface area contributed by atoms with E-state index >= 15 is 0 Å². The van der Waals surface area contributed by atoms with Crippen molar-refractivity contribution in [3.8, 4) is 0 Å². The number of anilines is 1. The van der Waals surface area contributed by atoms with E-state index in [1.54, 1.807) is 13.0 Å². The van der Waals surface area contributed by atoms with Crippen LogP contribution in [0.25, 0.3) is 0 Å². The van der Waals surface area contributed by atoms with Gasteiger partial charge in [0, 0.05) is 6.07 Å². The van der Waals surface area contributed by atoms with Crippen molar-refractivity contribution in [2.24, 2.45) is 0 Å². The first-order valence-corrected chi connectivity index (χ1v) is 5.27. The minimum Gasteiger partial charge on any atom is -0.360 e. The first-order valence-electron chi connectivity index (χ1n) is 5.27. The maximum Gasteiger partial charge on any atom is 0.280 e. The van der Waals surface area contributed by atoms with Gasteiger partial charge in [0.05, 0.1) is 6.54 Å². The summed E-state index contributed by atoms with van der Waals surface area (Å²) in [6, 6.07) is 1.70. The normalized spacial score (nSPS) is 10.3. The first kappa shape index (κ1) is 11.7. The summed E-state index contributed by atoms with van der Waals surface area (Å²) in [4.78, 5) is 11.4. The molecule has 3 N–H and O–H groups in total. The van der Waals surface area contributed by atoms with E-state index in [1.807, 2.05) is 5.32 Å². The largest absolute Gasteiger partial charge is 0.360 e. The second-order valence-corrected chi connectivity index (χ2v) is 3.51. The van der Waals surface area contributed by atoms with Crippen molar-refractivity contribution in [2.75, 3.05) is 18.4 Å². The fraction of sp³-hybridized carbons (Fsp3) is 0.600. The van der Waals surface area contributed by atoms with E-state index in [0.29, 0.717) is 18.1 Å². The fourth-order valence-electron chi connectivity index (χ4n) is 1.20. The van der Waals surface area contributed by atoms with E-state index < -0.39 is 0 Å². The molecule has 1 rings (SSSR count). The highest BCUT2D eigenvalue weighted by Crippen LogP contribution is 2.05. The number of nitrogens with zero attached hydrogens (tertiary/aromatic N) is 1. The molecule has 84 valence electrons. The van der Waals surface area contributed by atoms with Gasteiger partial charge in [-0.2, -0.15) is 0 Å². The first-order chi connectivity index (χ1) is 7.22. The fourth-order valence-corrected chi connectivity index (χ4v) is 1.20. The van der Waals surface area contributed by atoms with Crippen LogP contribution < -0.4 is 10.6 Å². The van der Waals surface area contributed by atoms with Gasteiger partial charge < -0.3 is 15.2 Å². The Morgan fingerprint density at radius 3 is 3.07 bits per heavy atom. The molecule has 0 radical (unpaired) electrons. The van der Waals surface area contributed by atoms with Crippen molar-refractivity contribution in [3.63, 3.8) is 0 Å². The highest BCUT2D eigenvalue weighted by atomic mass is 16.5. The monoisotopic (exact) mass is 212 g/mol. The number of hydrogen-bond donors (Lipinski definition) is 2. The quantitative estimate of drug-likeness (QED) is 0.665. The lowest BCUT2D eigenvalue weighted by atomic mass is 10.3. The van der Waals surface area contributed by atoms with Gasteiger partial charge in [0.1, 0.15) is 5.76 Å². The van der Waals surface area contributed by atoms with Gasteiger partial charge in [-0.15, -0.1) is 0 Å². The van der Waals surface area contributed by atoms with E-state index in [9.17, 15) is 4.79 Å². The van der Waals surface area contributed by atoms with Crippen LogP contribution in [0, 0.1) is 6.92 Å². The molecule has 5 heteroatoms. The number of unbranched alkanes of at least 4 members (excludes halogenated alkanes) is 1. The van der Waals surface area contributed by atoms with Gasteiger partial charge in [-0.25, -0.2) is 0 Å². The van der Waals surface area contributed by atoms with Crippen LogP contribution in [0.5, 0.6) is 0 Å². The molecule has 0 spiro atoms. The molecule has 0 saturated carbocycles. The summed E-state index contributed by atoms with van der Waals surface area (Å²) >= 11 is 0. The van der Waals surface area contributed by atoms with E-state index in [0.717, 1.165) is 19.4 Å². The lowest BCUT2D eigenvalue weighted by Gasteiger charge is -2.00. The lowest BCUT2D eigenvalue weighted by molar-refractivity contribution is -0.643. The third-order valence-electron chi connectivity index (χ3n) is 1.99.